The zero-order valence-corrected chi connectivity index (χ0v) is 12.2. The molecule has 0 radical (unpaired) electrons. The van der Waals surface area contributed by atoms with E-state index < -0.39 is 0 Å². The predicted molar refractivity (Wildman–Crippen MR) is 79.6 cm³/mol. The summed E-state index contributed by atoms with van der Waals surface area (Å²) in [6, 6.07) is 4.28. The molecular weight excluding hydrogens is 290 g/mol. The van der Waals surface area contributed by atoms with Gasteiger partial charge in [0.05, 0.1) is 11.9 Å². The second-order valence-electron chi connectivity index (χ2n) is 4.30. The summed E-state index contributed by atoms with van der Waals surface area (Å²) in [7, 11) is 0. The van der Waals surface area contributed by atoms with Crippen molar-refractivity contribution in [2.24, 2.45) is 0 Å². The number of nitrogens with one attached hydrogen (secondary N) is 1. The number of benzene rings is 1. The highest BCUT2D eigenvalue weighted by Gasteiger charge is 2.05. The van der Waals surface area contributed by atoms with Crippen molar-refractivity contribution < 1.29 is 0 Å². The number of rotatable bonds is 4. The minimum Gasteiger partial charge on any atom is -0.380 e. The van der Waals surface area contributed by atoms with Crippen LogP contribution in [-0.4, -0.2) is 9.78 Å². The van der Waals surface area contributed by atoms with E-state index in [1.54, 1.807) is 10.9 Å². The molecule has 3 nitrogen and oxygen atoms in total. The largest absolute Gasteiger partial charge is 0.380 e. The Hall–Kier alpha value is -1.55. The first kappa shape index (κ1) is 12.9. The average Bonchev–Trinajstić information content (AvgIpc) is 2.75. The van der Waals surface area contributed by atoms with Gasteiger partial charge in [0.15, 0.2) is 0 Å². The van der Waals surface area contributed by atoms with Gasteiger partial charge in [-0.3, -0.25) is 0 Å². The second-order valence-corrected chi connectivity index (χ2v) is 5.16. The van der Waals surface area contributed by atoms with Crippen LogP contribution in [0, 0.1) is 13.8 Å². The number of nitrogens with zero attached hydrogens (tertiary/aromatic N) is 2. The Kier molecular flexibility index (Phi) is 3.87. The van der Waals surface area contributed by atoms with Crippen molar-refractivity contribution in [2.45, 2.75) is 20.4 Å². The first-order valence-corrected chi connectivity index (χ1v) is 6.55. The van der Waals surface area contributed by atoms with Crippen LogP contribution in [0.25, 0.3) is 6.20 Å². The van der Waals surface area contributed by atoms with E-state index >= 15 is 0 Å². The fourth-order valence-corrected chi connectivity index (χ4v) is 2.71. The van der Waals surface area contributed by atoms with Crippen LogP contribution in [0.3, 0.4) is 0 Å². The van der Waals surface area contributed by atoms with E-state index in [2.05, 4.69) is 58.9 Å². The molecule has 0 bridgehead atoms. The zero-order chi connectivity index (χ0) is 13.1. The smallest absolute Gasteiger partial charge is 0.0543 e. The van der Waals surface area contributed by atoms with E-state index in [-0.39, 0.29) is 0 Å². The van der Waals surface area contributed by atoms with Crippen molar-refractivity contribution in [1.82, 2.24) is 9.78 Å². The maximum absolute atomic E-state index is 4.15. The summed E-state index contributed by atoms with van der Waals surface area (Å²) in [5, 5.41) is 7.58. The standard InChI is InChI=1S/C14H16BrN3/c1-4-18-9-12(8-17-18)7-16-14-11(3)5-10(2)6-13(14)15/h4-6,8-9,16H,1,7H2,2-3H3. The lowest BCUT2D eigenvalue weighted by molar-refractivity contribution is 0.936. The minimum absolute atomic E-state index is 0.746. The third kappa shape index (κ3) is 2.82. The number of aromatic nitrogens is 2. The molecule has 0 saturated carbocycles. The highest BCUT2D eigenvalue weighted by atomic mass is 79.9. The third-order valence-electron chi connectivity index (χ3n) is 2.74. The van der Waals surface area contributed by atoms with Gasteiger partial charge in [-0.25, -0.2) is 4.68 Å². The first-order valence-electron chi connectivity index (χ1n) is 5.76. The Balaban J connectivity index is 2.12. The van der Waals surface area contributed by atoms with Crippen LogP contribution in [0.15, 0.2) is 35.6 Å². The van der Waals surface area contributed by atoms with Gasteiger partial charge in [-0.1, -0.05) is 12.6 Å². The van der Waals surface area contributed by atoms with Crippen molar-refractivity contribution in [2.75, 3.05) is 5.32 Å². The Morgan fingerprint density at radius 3 is 2.83 bits per heavy atom. The molecule has 0 unspecified atom stereocenters. The van der Waals surface area contributed by atoms with Gasteiger partial charge >= 0.3 is 0 Å². The summed E-state index contributed by atoms with van der Waals surface area (Å²) in [5.74, 6) is 0. The molecule has 0 amide bonds. The van der Waals surface area contributed by atoms with Gasteiger partial charge in [-0.2, -0.15) is 5.10 Å². The Morgan fingerprint density at radius 1 is 1.44 bits per heavy atom. The van der Waals surface area contributed by atoms with Gasteiger partial charge in [0.25, 0.3) is 0 Å². The molecule has 0 aliphatic rings. The van der Waals surface area contributed by atoms with Crippen LogP contribution in [0.2, 0.25) is 0 Å². The zero-order valence-electron chi connectivity index (χ0n) is 10.6. The SMILES string of the molecule is C=Cn1cc(CNc2c(C)cc(C)cc2Br)cn1. The minimum atomic E-state index is 0.746. The fraction of sp³-hybridized carbons (Fsp3) is 0.214. The van der Waals surface area contributed by atoms with E-state index in [4.69, 9.17) is 0 Å². The summed E-state index contributed by atoms with van der Waals surface area (Å²) in [6.45, 7) is 8.62. The number of aryl methyl sites for hydroxylation is 2. The third-order valence-corrected chi connectivity index (χ3v) is 3.37. The lowest BCUT2D eigenvalue weighted by Gasteiger charge is -2.12. The number of hydrogen-bond acceptors (Lipinski definition) is 2. The van der Waals surface area contributed by atoms with Crippen LogP contribution in [0.5, 0.6) is 0 Å². The van der Waals surface area contributed by atoms with Crippen molar-refractivity contribution in [1.29, 1.82) is 0 Å². The Bertz CT molecular complexity index is 549. The van der Waals surface area contributed by atoms with Crippen LogP contribution < -0.4 is 5.32 Å². The number of halogens is 1. The van der Waals surface area contributed by atoms with Crippen molar-refractivity contribution >= 4 is 27.8 Å². The molecule has 1 heterocycles. The van der Waals surface area contributed by atoms with Gasteiger partial charge in [0.1, 0.15) is 0 Å². The maximum atomic E-state index is 4.15. The molecule has 0 atom stereocenters. The molecule has 2 rings (SSSR count). The van der Waals surface area contributed by atoms with E-state index in [0.717, 1.165) is 22.3 Å². The highest BCUT2D eigenvalue weighted by molar-refractivity contribution is 9.10. The fourth-order valence-electron chi connectivity index (χ4n) is 1.90. The van der Waals surface area contributed by atoms with Crippen molar-refractivity contribution in [3.63, 3.8) is 0 Å². The Morgan fingerprint density at radius 2 is 2.22 bits per heavy atom. The summed E-state index contributed by atoms with van der Waals surface area (Å²) < 4.78 is 2.80. The lowest BCUT2D eigenvalue weighted by atomic mass is 10.1. The first-order chi connectivity index (χ1) is 8.60. The lowest BCUT2D eigenvalue weighted by Crippen LogP contribution is -2.01. The van der Waals surface area contributed by atoms with E-state index in [9.17, 15) is 0 Å². The number of hydrogen-bond donors (Lipinski definition) is 1. The normalized spacial score (nSPS) is 10.4. The van der Waals surface area contributed by atoms with E-state index in [1.165, 1.54) is 11.1 Å². The molecular formula is C14H16BrN3. The van der Waals surface area contributed by atoms with Crippen molar-refractivity contribution in [3.8, 4) is 0 Å². The second kappa shape index (κ2) is 5.40. The Labute approximate surface area is 116 Å². The quantitative estimate of drug-likeness (QED) is 0.926. The van der Waals surface area contributed by atoms with Crippen LogP contribution >= 0.6 is 15.9 Å². The molecule has 1 aromatic heterocycles. The van der Waals surface area contributed by atoms with E-state index in [0.29, 0.717) is 0 Å². The molecule has 2 aromatic rings. The van der Waals surface area contributed by atoms with Crippen LogP contribution in [0.4, 0.5) is 5.69 Å². The summed E-state index contributed by atoms with van der Waals surface area (Å²) >= 11 is 3.59. The van der Waals surface area contributed by atoms with Gasteiger partial charge < -0.3 is 5.32 Å². The van der Waals surface area contributed by atoms with Gasteiger partial charge in [-0.15, -0.1) is 0 Å². The molecule has 18 heavy (non-hydrogen) atoms. The molecule has 0 aliphatic heterocycles. The van der Waals surface area contributed by atoms with Gasteiger partial charge in [-0.05, 0) is 47.0 Å². The average molecular weight is 306 g/mol. The maximum Gasteiger partial charge on any atom is 0.0543 e. The molecule has 0 spiro atoms. The number of anilines is 1. The molecule has 0 fully saturated rings. The highest BCUT2D eigenvalue weighted by Crippen LogP contribution is 2.28. The van der Waals surface area contributed by atoms with Gasteiger partial charge in [0.2, 0.25) is 0 Å². The van der Waals surface area contributed by atoms with Crippen LogP contribution in [0.1, 0.15) is 16.7 Å². The summed E-state index contributed by atoms with van der Waals surface area (Å²) in [5.41, 5.74) is 4.75. The van der Waals surface area contributed by atoms with Crippen LogP contribution in [-0.2, 0) is 6.54 Å². The summed E-state index contributed by atoms with van der Waals surface area (Å²) in [4.78, 5) is 0. The molecule has 1 aromatic carbocycles. The molecule has 4 heteroatoms. The van der Waals surface area contributed by atoms with E-state index in [1.807, 2.05) is 12.4 Å². The molecule has 0 aliphatic carbocycles. The predicted octanol–water partition coefficient (Wildman–Crippen LogP) is 3.98. The monoisotopic (exact) mass is 305 g/mol. The summed E-state index contributed by atoms with van der Waals surface area (Å²) in [6.07, 6.45) is 5.47. The molecule has 1 N–H and O–H groups in total. The molecule has 94 valence electrons. The van der Waals surface area contributed by atoms with Crippen molar-refractivity contribution in [3.05, 3.63) is 52.3 Å². The molecule has 0 saturated heterocycles. The van der Waals surface area contributed by atoms with Gasteiger partial charge in [0, 0.05) is 29.0 Å². The topological polar surface area (TPSA) is 29.9 Å².